The van der Waals surface area contributed by atoms with Crippen LogP contribution in [-0.4, -0.2) is 18.9 Å². The number of benzene rings is 1. The van der Waals surface area contributed by atoms with Crippen LogP contribution in [-0.2, 0) is 4.79 Å². The van der Waals surface area contributed by atoms with Gasteiger partial charge in [-0.2, -0.15) is 0 Å². The second-order valence-electron chi connectivity index (χ2n) is 4.23. The van der Waals surface area contributed by atoms with Gasteiger partial charge in [-0.25, -0.2) is 4.39 Å². The van der Waals surface area contributed by atoms with Gasteiger partial charge in [0.05, 0.1) is 0 Å². The fourth-order valence-corrected chi connectivity index (χ4v) is 2.20. The molecule has 1 fully saturated rings. The van der Waals surface area contributed by atoms with Crippen LogP contribution in [0.25, 0.3) is 0 Å². The maximum Gasteiger partial charge on any atom is 0.137 e. The van der Waals surface area contributed by atoms with Gasteiger partial charge in [-0.15, -0.1) is 0 Å². The summed E-state index contributed by atoms with van der Waals surface area (Å²) in [5.41, 5.74) is 1.01. The maximum absolute atomic E-state index is 12.8. The lowest BCUT2D eigenvalue weighted by Crippen LogP contribution is -2.22. The van der Waals surface area contributed by atoms with E-state index in [0.29, 0.717) is 12.2 Å². The SMILES string of the molecule is CCC(=O)C1CCN(c2ccc(F)cc2)C1. The van der Waals surface area contributed by atoms with Crippen molar-refractivity contribution in [2.45, 2.75) is 19.8 Å². The van der Waals surface area contributed by atoms with Crippen molar-refractivity contribution in [1.82, 2.24) is 0 Å². The molecule has 0 spiro atoms. The summed E-state index contributed by atoms with van der Waals surface area (Å²) in [6, 6.07) is 6.47. The highest BCUT2D eigenvalue weighted by Gasteiger charge is 2.26. The van der Waals surface area contributed by atoms with Gasteiger partial charge in [0.25, 0.3) is 0 Å². The van der Waals surface area contributed by atoms with E-state index in [1.807, 2.05) is 6.92 Å². The molecule has 16 heavy (non-hydrogen) atoms. The molecule has 1 aliphatic heterocycles. The highest BCUT2D eigenvalue weighted by molar-refractivity contribution is 5.82. The lowest BCUT2D eigenvalue weighted by Gasteiger charge is -2.18. The van der Waals surface area contributed by atoms with Crippen molar-refractivity contribution >= 4 is 11.5 Å². The van der Waals surface area contributed by atoms with Crippen molar-refractivity contribution in [3.05, 3.63) is 30.1 Å². The fraction of sp³-hybridized carbons (Fsp3) is 0.462. The molecular formula is C13H16FNO. The summed E-state index contributed by atoms with van der Waals surface area (Å²) in [7, 11) is 0. The van der Waals surface area contributed by atoms with Crippen LogP contribution in [0.5, 0.6) is 0 Å². The first kappa shape index (κ1) is 11.1. The fourth-order valence-electron chi connectivity index (χ4n) is 2.20. The molecule has 0 aliphatic carbocycles. The Morgan fingerprint density at radius 3 is 2.75 bits per heavy atom. The molecule has 0 bridgehead atoms. The van der Waals surface area contributed by atoms with Crippen molar-refractivity contribution < 1.29 is 9.18 Å². The van der Waals surface area contributed by atoms with Gasteiger partial charge in [-0.05, 0) is 30.7 Å². The van der Waals surface area contributed by atoms with Gasteiger partial charge >= 0.3 is 0 Å². The van der Waals surface area contributed by atoms with E-state index in [0.717, 1.165) is 25.2 Å². The molecule has 2 rings (SSSR count). The molecule has 1 aromatic rings. The smallest absolute Gasteiger partial charge is 0.137 e. The second-order valence-corrected chi connectivity index (χ2v) is 4.23. The van der Waals surface area contributed by atoms with Crippen LogP contribution < -0.4 is 4.90 Å². The van der Waals surface area contributed by atoms with Gasteiger partial charge < -0.3 is 4.90 Å². The number of carbonyl (C=O) groups excluding carboxylic acids is 1. The molecular weight excluding hydrogens is 205 g/mol. The van der Waals surface area contributed by atoms with Crippen LogP contribution in [0, 0.1) is 11.7 Å². The van der Waals surface area contributed by atoms with Crippen LogP contribution in [0.15, 0.2) is 24.3 Å². The summed E-state index contributed by atoms with van der Waals surface area (Å²) in [5, 5.41) is 0. The van der Waals surface area contributed by atoms with Crippen molar-refractivity contribution in [2.24, 2.45) is 5.92 Å². The molecule has 1 unspecified atom stereocenters. The third kappa shape index (κ3) is 2.23. The monoisotopic (exact) mass is 221 g/mol. The third-order valence-corrected chi connectivity index (χ3v) is 3.18. The van der Waals surface area contributed by atoms with Gasteiger partial charge in [0.1, 0.15) is 11.6 Å². The summed E-state index contributed by atoms with van der Waals surface area (Å²) in [6.45, 7) is 3.57. The number of halogens is 1. The second kappa shape index (κ2) is 4.64. The Balaban J connectivity index is 2.03. The Kier molecular flexibility index (Phi) is 3.22. The van der Waals surface area contributed by atoms with Crippen molar-refractivity contribution in [3.63, 3.8) is 0 Å². The van der Waals surface area contributed by atoms with Crippen LogP contribution in [0.4, 0.5) is 10.1 Å². The largest absolute Gasteiger partial charge is 0.371 e. The molecule has 3 heteroatoms. The molecule has 0 saturated carbocycles. The molecule has 0 aromatic heterocycles. The minimum absolute atomic E-state index is 0.162. The van der Waals surface area contributed by atoms with E-state index < -0.39 is 0 Å². The molecule has 1 atom stereocenters. The quantitative estimate of drug-likeness (QED) is 0.782. The molecule has 1 aliphatic rings. The highest BCUT2D eigenvalue weighted by atomic mass is 19.1. The van der Waals surface area contributed by atoms with Gasteiger partial charge in [0, 0.05) is 31.1 Å². The van der Waals surface area contributed by atoms with E-state index >= 15 is 0 Å². The third-order valence-electron chi connectivity index (χ3n) is 3.18. The number of rotatable bonds is 3. The van der Waals surface area contributed by atoms with Gasteiger partial charge in [-0.1, -0.05) is 6.92 Å². The molecule has 86 valence electrons. The zero-order chi connectivity index (χ0) is 11.5. The van der Waals surface area contributed by atoms with E-state index in [1.54, 1.807) is 12.1 Å². The summed E-state index contributed by atoms with van der Waals surface area (Å²) in [5.74, 6) is 0.281. The van der Waals surface area contributed by atoms with Crippen LogP contribution in [0.3, 0.4) is 0 Å². The topological polar surface area (TPSA) is 20.3 Å². The average molecular weight is 221 g/mol. The van der Waals surface area contributed by atoms with Crippen LogP contribution >= 0.6 is 0 Å². The molecule has 1 saturated heterocycles. The summed E-state index contributed by atoms with van der Waals surface area (Å²) < 4.78 is 12.8. The minimum atomic E-state index is -0.218. The van der Waals surface area contributed by atoms with Gasteiger partial charge in [0.15, 0.2) is 0 Å². The van der Waals surface area contributed by atoms with Crippen molar-refractivity contribution in [2.75, 3.05) is 18.0 Å². The van der Waals surface area contributed by atoms with E-state index in [1.165, 1.54) is 12.1 Å². The first-order chi connectivity index (χ1) is 7.70. The Hall–Kier alpha value is -1.38. The Morgan fingerprint density at radius 1 is 1.44 bits per heavy atom. The number of hydrogen-bond acceptors (Lipinski definition) is 2. The Bertz CT molecular complexity index is 374. The number of nitrogens with zero attached hydrogens (tertiary/aromatic N) is 1. The maximum atomic E-state index is 12.8. The average Bonchev–Trinajstić information content (AvgIpc) is 2.78. The highest BCUT2D eigenvalue weighted by Crippen LogP contribution is 2.24. The normalized spacial score (nSPS) is 20.1. The van der Waals surface area contributed by atoms with Crippen LogP contribution in [0.2, 0.25) is 0 Å². The first-order valence-corrected chi connectivity index (χ1v) is 5.74. The van der Waals surface area contributed by atoms with E-state index in [-0.39, 0.29) is 11.7 Å². The summed E-state index contributed by atoms with van der Waals surface area (Å²) in [4.78, 5) is 13.7. The Morgan fingerprint density at radius 2 is 2.12 bits per heavy atom. The lowest BCUT2D eigenvalue weighted by atomic mass is 10.0. The number of anilines is 1. The minimum Gasteiger partial charge on any atom is -0.371 e. The van der Waals surface area contributed by atoms with E-state index in [2.05, 4.69) is 4.90 Å². The molecule has 0 N–H and O–H groups in total. The zero-order valence-corrected chi connectivity index (χ0v) is 9.45. The van der Waals surface area contributed by atoms with Crippen molar-refractivity contribution in [1.29, 1.82) is 0 Å². The predicted molar refractivity (Wildman–Crippen MR) is 62.0 cm³/mol. The molecule has 0 amide bonds. The van der Waals surface area contributed by atoms with Crippen molar-refractivity contribution in [3.8, 4) is 0 Å². The summed E-state index contributed by atoms with van der Waals surface area (Å²) in [6.07, 6.45) is 1.53. The molecule has 1 aromatic carbocycles. The number of Topliss-reactive ketones (excluding diaryl/α,β-unsaturated/α-hetero) is 1. The molecule has 0 radical (unpaired) electrons. The first-order valence-electron chi connectivity index (χ1n) is 5.74. The van der Waals surface area contributed by atoms with Crippen LogP contribution in [0.1, 0.15) is 19.8 Å². The van der Waals surface area contributed by atoms with Gasteiger partial charge in [0.2, 0.25) is 0 Å². The standard InChI is InChI=1S/C13H16FNO/c1-2-13(16)10-7-8-15(9-10)12-5-3-11(14)4-6-12/h3-6,10H,2,7-9H2,1H3. The number of hydrogen-bond donors (Lipinski definition) is 0. The van der Waals surface area contributed by atoms with Gasteiger partial charge in [-0.3, -0.25) is 4.79 Å². The number of carbonyl (C=O) groups is 1. The Labute approximate surface area is 95.1 Å². The predicted octanol–water partition coefficient (Wildman–Crippen LogP) is 2.63. The number of ketones is 1. The molecule has 2 nitrogen and oxygen atoms in total. The zero-order valence-electron chi connectivity index (χ0n) is 9.45. The van der Waals surface area contributed by atoms with E-state index in [4.69, 9.17) is 0 Å². The summed E-state index contributed by atoms with van der Waals surface area (Å²) >= 11 is 0. The van der Waals surface area contributed by atoms with E-state index in [9.17, 15) is 9.18 Å². The molecule has 1 heterocycles. The lowest BCUT2D eigenvalue weighted by molar-refractivity contribution is -0.121.